The smallest absolute Gasteiger partial charge is 0.225 e. The zero-order valence-corrected chi connectivity index (χ0v) is 9.31. The van der Waals surface area contributed by atoms with E-state index in [1.165, 1.54) is 12.8 Å². The summed E-state index contributed by atoms with van der Waals surface area (Å²) in [5.74, 6) is 1.47. The number of hydrogen-bond acceptors (Lipinski definition) is 3. The molecule has 0 aromatic carbocycles. The maximum atomic E-state index is 5.75. The molecule has 76 valence electrons. The summed E-state index contributed by atoms with van der Waals surface area (Å²) in [6, 6.07) is 2.11. The zero-order valence-electron chi connectivity index (χ0n) is 7.80. The predicted molar refractivity (Wildman–Crippen MR) is 57.9 cm³/mol. The molecule has 1 aliphatic carbocycles. The van der Waals surface area contributed by atoms with Gasteiger partial charge in [-0.05, 0) is 37.3 Å². The van der Waals surface area contributed by atoms with Crippen LogP contribution in [-0.4, -0.2) is 16.0 Å². The molecular weight excluding hydrogens is 221 g/mol. The Morgan fingerprint density at radius 2 is 2.14 bits per heavy atom. The van der Waals surface area contributed by atoms with Crippen molar-refractivity contribution in [1.82, 2.24) is 9.97 Å². The van der Waals surface area contributed by atoms with Gasteiger partial charge in [-0.25, -0.2) is 9.97 Å². The largest absolute Gasteiger partial charge is 0.367 e. The quantitative estimate of drug-likeness (QED) is 0.643. The lowest BCUT2D eigenvalue weighted by atomic mass is 10.2. The van der Waals surface area contributed by atoms with E-state index >= 15 is 0 Å². The molecule has 1 atom stereocenters. The van der Waals surface area contributed by atoms with Crippen molar-refractivity contribution in [3.63, 3.8) is 0 Å². The SMILES string of the molecule is CC(Nc1cc(Cl)nc(Cl)n1)C1CC1. The van der Waals surface area contributed by atoms with E-state index < -0.39 is 0 Å². The Kier molecular flexibility index (Phi) is 2.79. The minimum absolute atomic E-state index is 0.183. The van der Waals surface area contributed by atoms with Gasteiger partial charge in [0, 0.05) is 12.1 Å². The Morgan fingerprint density at radius 1 is 1.43 bits per heavy atom. The van der Waals surface area contributed by atoms with E-state index in [0.29, 0.717) is 17.0 Å². The van der Waals surface area contributed by atoms with Crippen LogP contribution in [0.1, 0.15) is 19.8 Å². The van der Waals surface area contributed by atoms with Gasteiger partial charge in [0.05, 0.1) is 0 Å². The van der Waals surface area contributed by atoms with Gasteiger partial charge in [0.25, 0.3) is 0 Å². The van der Waals surface area contributed by atoms with Crippen molar-refractivity contribution in [1.29, 1.82) is 0 Å². The standard InChI is InChI=1S/C9H11Cl2N3/c1-5(6-2-3-6)12-8-4-7(10)13-9(11)14-8/h4-6H,2-3H2,1H3,(H,12,13,14). The van der Waals surface area contributed by atoms with Crippen molar-refractivity contribution < 1.29 is 0 Å². The second-order valence-electron chi connectivity index (χ2n) is 3.62. The minimum Gasteiger partial charge on any atom is -0.367 e. The average molecular weight is 232 g/mol. The molecule has 1 saturated carbocycles. The Bertz CT molecular complexity index is 319. The molecule has 1 aromatic heterocycles. The highest BCUT2D eigenvalue weighted by Gasteiger charge is 2.28. The maximum Gasteiger partial charge on any atom is 0.225 e. The number of rotatable bonds is 3. The maximum absolute atomic E-state index is 5.75. The molecule has 1 unspecified atom stereocenters. The fraction of sp³-hybridized carbons (Fsp3) is 0.556. The van der Waals surface area contributed by atoms with Gasteiger partial charge in [-0.15, -0.1) is 0 Å². The van der Waals surface area contributed by atoms with Crippen LogP contribution in [0.4, 0.5) is 5.82 Å². The third-order valence-corrected chi connectivity index (χ3v) is 2.73. The van der Waals surface area contributed by atoms with Crippen molar-refractivity contribution in [2.24, 2.45) is 5.92 Å². The van der Waals surface area contributed by atoms with Crippen molar-refractivity contribution in [2.45, 2.75) is 25.8 Å². The summed E-state index contributed by atoms with van der Waals surface area (Å²) in [5.41, 5.74) is 0. The molecule has 1 fully saturated rings. The van der Waals surface area contributed by atoms with E-state index in [4.69, 9.17) is 23.2 Å². The first-order chi connectivity index (χ1) is 6.65. The third-order valence-electron chi connectivity index (χ3n) is 2.37. The van der Waals surface area contributed by atoms with Crippen LogP contribution in [-0.2, 0) is 0 Å². The zero-order chi connectivity index (χ0) is 10.1. The normalized spacial score (nSPS) is 17.9. The summed E-state index contributed by atoms with van der Waals surface area (Å²) in [6.07, 6.45) is 2.58. The van der Waals surface area contributed by atoms with E-state index in [-0.39, 0.29) is 5.28 Å². The number of aromatic nitrogens is 2. The van der Waals surface area contributed by atoms with E-state index in [1.807, 2.05) is 0 Å². The molecule has 1 aromatic rings. The minimum atomic E-state index is 0.183. The van der Waals surface area contributed by atoms with Crippen molar-refractivity contribution in [3.05, 3.63) is 16.5 Å². The first-order valence-corrected chi connectivity index (χ1v) is 5.37. The number of hydrogen-bond donors (Lipinski definition) is 1. The number of halogens is 2. The van der Waals surface area contributed by atoms with E-state index in [0.717, 1.165) is 5.92 Å². The van der Waals surface area contributed by atoms with Crippen LogP contribution in [0.2, 0.25) is 10.4 Å². The van der Waals surface area contributed by atoms with Gasteiger partial charge < -0.3 is 5.32 Å². The molecule has 0 radical (unpaired) electrons. The summed E-state index contributed by atoms with van der Waals surface area (Å²) in [5, 5.41) is 3.82. The second-order valence-corrected chi connectivity index (χ2v) is 4.34. The van der Waals surface area contributed by atoms with Gasteiger partial charge in [-0.3, -0.25) is 0 Å². The summed E-state index contributed by atoms with van der Waals surface area (Å²) in [4.78, 5) is 7.82. The molecule has 14 heavy (non-hydrogen) atoms. The van der Waals surface area contributed by atoms with E-state index in [9.17, 15) is 0 Å². The molecule has 0 saturated heterocycles. The van der Waals surface area contributed by atoms with Crippen LogP contribution in [0.5, 0.6) is 0 Å². The Labute approximate surface area is 92.8 Å². The molecule has 1 heterocycles. The van der Waals surface area contributed by atoms with E-state index in [2.05, 4.69) is 22.2 Å². The Hall–Kier alpha value is -0.540. The number of anilines is 1. The first-order valence-electron chi connectivity index (χ1n) is 4.62. The topological polar surface area (TPSA) is 37.8 Å². The molecule has 2 rings (SSSR count). The molecule has 0 spiro atoms. The lowest BCUT2D eigenvalue weighted by Gasteiger charge is -2.13. The summed E-state index contributed by atoms with van der Waals surface area (Å²) < 4.78 is 0. The van der Waals surface area contributed by atoms with Crippen LogP contribution in [0.3, 0.4) is 0 Å². The van der Waals surface area contributed by atoms with Crippen LogP contribution in [0.25, 0.3) is 0 Å². The summed E-state index contributed by atoms with van der Waals surface area (Å²) >= 11 is 11.4. The van der Waals surface area contributed by atoms with Crippen molar-refractivity contribution in [2.75, 3.05) is 5.32 Å². The van der Waals surface area contributed by atoms with Crippen LogP contribution in [0, 0.1) is 5.92 Å². The van der Waals surface area contributed by atoms with Crippen LogP contribution in [0.15, 0.2) is 6.07 Å². The van der Waals surface area contributed by atoms with Gasteiger partial charge in [-0.2, -0.15) is 0 Å². The van der Waals surface area contributed by atoms with Crippen molar-refractivity contribution >= 4 is 29.0 Å². The molecule has 0 aliphatic heterocycles. The highest BCUT2D eigenvalue weighted by Crippen LogP contribution is 2.33. The fourth-order valence-electron chi connectivity index (χ4n) is 1.41. The second kappa shape index (κ2) is 3.91. The predicted octanol–water partition coefficient (Wildman–Crippen LogP) is 2.99. The lowest BCUT2D eigenvalue weighted by Crippen LogP contribution is -2.18. The lowest BCUT2D eigenvalue weighted by molar-refractivity contribution is 0.690. The molecule has 0 amide bonds. The van der Waals surface area contributed by atoms with Crippen molar-refractivity contribution in [3.8, 4) is 0 Å². The van der Waals surface area contributed by atoms with Gasteiger partial charge in [0.2, 0.25) is 5.28 Å². The molecule has 0 bridgehead atoms. The monoisotopic (exact) mass is 231 g/mol. The Balaban J connectivity index is 2.07. The van der Waals surface area contributed by atoms with Gasteiger partial charge in [-0.1, -0.05) is 11.6 Å². The van der Waals surface area contributed by atoms with E-state index in [1.54, 1.807) is 6.07 Å². The number of nitrogens with one attached hydrogen (secondary N) is 1. The molecular formula is C9H11Cl2N3. The van der Waals surface area contributed by atoms with Gasteiger partial charge in [0.1, 0.15) is 11.0 Å². The Morgan fingerprint density at radius 3 is 2.71 bits per heavy atom. The molecule has 1 N–H and O–H groups in total. The first kappa shape index (κ1) is 9.99. The highest BCUT2D eigenvalue weighted by molar-refractivity contribution is 6.32. The highest BCUT2D eigenvalue weighted by atomic mass is 35.5. The van der Waals surface area contributed by atoms with Crippen LogP contribution >= 0.6 is 23.2 Å². The summed E-state index contributed by atoms with van der Waals surface area (Å²) in [6.45, 7) is 2.14. The average Bonchev–Trinajstić information content (AvgIpc) is 2.82. The van der Waals surface area contributed by atoms with Gasteiger partial charge in [0.15, 0.2) is 0 Å². The fourth-order valence-corrected chi connectivity index (χ4v) is 1.82. The molecule has 5 heteroatoms. The summed E-state index contributed by atoms with van der Waals surface area (Å²) in [7, 11) is 0. The molecule has 3 nitrogen and oxygen atoms in total. The van der Waals surface area contributed by atoms with Crippen LogP contribution < -0.4 is 5.32 Å². The third kappa shape index (κ3) is 2.49. The number of nitrogens with zero attached hydrogens (tertiary/aromatic N) is 2. The van der Waals surface area contributed by atoms with Gasteiger partial charge >= 0.3 is 0 Å². The molecule has 1 aliphatic rings.